The van der Waals surface area contributed by atoms with Crippen molar-refractivity contribution in [1.29, 1.82) is 0 Å². The van der Waals surface area contributed by atoms with Crippen LogP contribution in [0.1, 0.15) is 24.6 Å². The Kier molecular flexibility index (Phi) is 2.31. The molecule has 1 aromatic heterocycles. The molecule has 68 valence electrons. The smallest absolute Gasteiger partial charge is 0.138 e. The Morgan fingerprint density at radius 2 is 2.46 bits per heavy atom. The normalized spacial score (nSPS) is 23.1. The summed E-state index contributed by atoms with van der Waals surface area (Å²) >= 11 is 0. The number of carbonyl (C=O) groups is 1. The number of ether oxygens (including phenoxy) is 1. The van der Waals surface area contributed by atoms with Crippen molar-refractivity contribution < 1.29 is 9.53 Å². The van der Waals surface area contributed by atoms with Crippen molar-refractivity contribution in [3.63, 3.8) is 0 Å². The Bertz CT molecular complexity index is 300. The van der Waals surface area contributed by atoms with Gasteiger partial charge in [0.2, 0.25) is 0 Å². The van der Waals surface area contributed by atoms with E-state index >= 15 is 0 Å². The number of aromatic nitrogens is 2. The molecule has 1 saturated heterocycles. The lowest BCUT2D eigenvalue weighted by Crippen LogP contribution is -2.20. The van der Waals surface area contributed by atoms with Crippen LogP contribution in [0.4, 0.5) is 0 Å². The van der Waals surface area contributed by atoms with Crippen LogP contribution >= 0.6 is 0 Å². The Morgan fingerprint density at radius 1 is 1.54 bits per heavy atom. The van der Waals surface area contributed by atoms with Gasteiger partial charge in [-0.05, 0) is 6.07 Å². The molecule has 0 radical (unpaired) electrons. The van der Waals surface area contributed by atoms with Gasteiger partial charge in [-0.25, -0.2) is 9.97 Å². The Hall–Kier alpha value is -1.29. The van der Waals surface area contributed by atoms with Gasteiger partial charge in [-0.3, -0.25) is 4.79 Å². The van der Waals surface area contributed by atoms with Crippen molar-refractivity contribution in [2.45, 2.75) is 18.9 Å². The van der Waals surface area contributed by atoms with Crippen LogP contribution in [0.5, 0.6) is 0 Å². The van der Waals surface area contributed by atoms with Crippen molar-refractivity contribution in [1.82, 2.24) is 9.97 Å². The first-order chi connectivity index (χ1) is 6.36. The van der Waals surface area contributed by atoms with E-state index in [1.807, 2.05) is 0 Å². The van der Waals surface area contributed by atoms with Gasteiger partial charge in [-0.15, -0.1) is 0 Å². The zero-order chi connectivity index (χ0) is 9.10. The molecule has 0 amide bonds. The van der Waals surface area contributed by atoms with E-state index in [9.17, 15) is 4.79 Å². The van der Waals surface area contributed by atoms with Gasteiger partial charge in [0, 0.05) is 19.0 Å². The van der Waals surface area contributed by atoms with Gasteiger partial charge in [0.1, 0.15) is 18.2 Å². The maximum atomic E-state index is 11.1. The van der Waals surface area contributed by atoms with Crippen LogP contribution in [0.25, 0.3) is 0 Å². The monoisotopic (exact) mass is 178 g/mol. The molecular formula is C9H10N2O2. The fourth-order valence-corrected chi connectivity index (χ4v) is 1.36. The number of carbonyl (C=O) groups excluding carboxylic acids is 1. The highest BCUT2D eigenvalue weighted by molar-refractivity contribution is 5.79. The Balaban J connectivity index is 2.13. The van der Waals surface area contributed by atoms with Crippen molar-refractivity contribution in [3.05, 3.63) is 24.3 Å². The van der Waals surface area contributed by atoms with Gasteiger partial charge in [0.05, 0.1) is 12.3 Å². The molecule has 4 heteroatoms. The molecule has 13 heavy (non-hydrogen) atoms. The zero-order valence-electron chi connectivity index (χ0n) is 7.14. The van der Waals surface area contributed by atoms with Crippen molar-refractivity contribution in [2.75, 3.05) is 6.61 Å². The lowest BCUT2D eigenvalue weighted by Gasteiger charge is -2.20. The van der Waals surface area contributed by atoms with Crippen LogP contribution in [0.2, 0.25) is 0 Å². The average Bonchev–Trinajstić information content (AvgIpc) is 2.19. The highest BCUT2D eigenvalue weighted by atomic mass is 16.5. The van der Waals surface area contributed by atoms with Crippen molar-refractivity contribution in [3.8, 4) is 0 Å². The summed E-state index contributed by atoms with van der Waals surface area (Å²) in [6, 6.07) is 1.78. The van der Waals surface area contributed by atoms with Crippen LogP contribution in [0, 0.1) is 0 Å². The van der Waals surface area contributed by atoms with Crippen molar-refractivity contribution in [2.24, 2.45) is 0 Å². The standard InChI is InChI=1S/C9H10N2O2/c12-7-2-4-13-9(5-7)8-1-3-10-6-11-8/h1,3,6,9H,2,4-5H2. The Morgan fingerprint density at radius 3 is 3.15 bits per heavy atom. The van der Waals surface area contributed by atoms with E-state index < -0.39 is 0 Å². The first-order valence-corrected chi connectivity index (χ1v) is 4.25. The second-order valence-electron chi connectivity index (χ2n) is 2.99. The minimum absolute atomic E-state index is 0.163. The maximum absolute atomic E-state index is 11.1. The van der Waals surface area contributed by atoms with E-state index in [4.69, 9.17) is 4.74 Å². The number of hydrogen-bond acceptors (Lipinski definition) is 4. The molecule has 1 fully saturated rings. The number of nitrogens with zero attached hydrogens (tertiary/aromatic N) is 2. The quantitative estimate of drug-likeness (QED) is 0.641. The third kappa shape index (κ3) is 1.89. The maximum Gasteiger partial charge on any atom is 0.138 e. The summed E-state index contributed by atoms with van der Waals surface area (Å²) in [7, 11) is 0. The number of ketones is 1. The van der Waals surface area contributed by atoms with E-state index in [2.05, 4.69) is 9.97 Å². The molecule has 0 spiro atoms. The summed E-state index contributed by atoms with van der Waals surface area (Å²) in [5.41, 5.74) is 0.794. The molecule has 1 aromatic rings. The molecule has 1 unspecified atom stereocenters. The predicted molar refractivity (Wildman–Crippen MR) is 45.0 cm³/mol. The first kappa shape index (κ1) is 8.31. The number of Topliss-reactive ketones (excluding diaryl/α,β-unsaturated/α-hetero) is 1. The molecule has 0 bridgehead atoms. The van der Waals surface area contributed by atoms with Gasteiger partial charge in [0.25, 0.3) is 0 Å². The van der Waals surface area contributed by atoms with Gasteiger partial charge in [-0.2, -0.15) is 0 Å². The fourth-order valence-electron chi connectivity index (χ4n) is 1.36. The first-order valence-electron chi connectivity index (χ1n) is 4.25. The number of rotatable bonds is 1. The van der Waals surface area contributed by atoms with E-state index in [-0.39, 0.29) is 11.9 Å². The molecule has 1 aliphatic heterocycles. The Labute approximate surface area is 76.0 Å². The molecule has 4 nitrogen and oxygen atoms in total. The second-order valence-corrected chi connectivity index (χ2v) is 2.99. The van der Waals surface area contributed by atoms with Gasteiger partial charge in [-0.1, -0.05) is 0 Å². The van der Waals surface area contributed by atoms with Gasteiger partial charge >= 0.3 is 0 Å². The summed E-state index contributed by atoms with van der Waals surface area (Å²) in [5, 5.41) is 0. The molecule has 2 heterocycles. The highest BCUT2D eigenvalue weighted by Crippen LogP contribution is 2.23. The van der Waals surface area contributed by atoms with Crippen LogP contribution in [0.15, 0.2) is 18.6 Å². The number of hydrogen-bond donors (Lipinski definition) is 0. The summed E-state index contributed by atoms with van der Waals surface area (Å²) in [5.74, 6) is 0.245. The fraction of sp³-hybridized carbons (Fsp3) is 0.444. The minimum atomic E-state index is -0.163. The van der Waals surface area contributed by atoms with E-state index in [1.54, 1.807) is 12.3 Å². The van der Waals surface area contributed by atoms with E-state index in [1.165, 1.54) is 6.33 Å². The van der Waals surface area contributed by atoms with Gasteiger partial charge < -0.3 is 4.74 Å². The largest absolute Gasteiger partial charge is 0.371 e. The molecular weight excluding hydrogens is 168 g/mol. The third-order valence-corrected chi connectivity index (χ3v) is 2.05. The minimum Gasteiger partial charge on any atom is -0.371 e. The molecule has 1 aliphatic rings. The highest BCUT2D eigenvalue weighted by Gasteiger charge is 2.22. The zero-order valence-corrected chi connectivity index (χ0v) is 7.14. The van der Waals surface area contributed by atoms with E-state index in [0.717, 1.165) is 5.69 Å². The SMILES string of the molecule is O=C1CCOC(c2ccncn2)C1. The van der Waals surface area contributed by atoms with E-state index in [0.29, 0.717) is 19.4 Å². The summed E-state index contributed by atoms with van der Waals surface area (Å²) in [6.45, 7) is 0.507. The summed E-state index contributed by atoms with van der Waals surface area (Å²) in [6.07, 6.45) is 3.94. The molecule has 0 N–H and O–H groups in total. The van der Waals surface area contributed by atoms with Gasteiger partial charge in [0.15, 0.2) is 0 Å². The second kappa shape index (κ2) is 3.62. The lowest BCUT2D eigenvalue weighted by atomic mass is 10.1. The molecule has 0 aliphatic carbocycles. The molecule has 1 atom stereocenters. The predicted octanol–water partition coefficient (Wildman–Crippen LogP) is 0.897. The van der Waals surface area contributed by atoms with Crippen LogP contribution in [-0.2, 0) is 9.53 Å². The lowest BCUT2D eigenvalue weighted by molar-refractivity contribution is -0.128. The topological polar surface area (TPSA) is 52.1 Å². The van der Waals surface area contributed by atoms with Crippen LogP contribution < -0.4 is 0 Å². The third-order valence-electron chi connectivity index (χ3n) is 2.05. The average molecular weight is 178 g/mol. The molecule has 0 saturated carbocycles. The molecule has 0 aromatic carbocycles. The van der Waals surface area contributed by atoms with Crippen molar-refractivity contribution >= 4 is 5.78 Å². The summed E-state index contributed by atoms with van der Waals surface area (Å²) < 4.78 is 5.42. The molecule has 2 rings (SSSR count). The van der Waals surface area contributed by atoms with Crippen LogP contribution in [0.3, 0.4) is 0 Å². The summed E-state index contributed by atoms with van der Waals surface area (Å²) in [4.78, 5) is 19.0. The van der Waals surface area contributed by atoms with Crippen LogP contribution in [-0.4, -0.2) is 22.4 Å².